The summed E-state index contributed by atoms with van der Waals surface area (Å²) in [6, 6.07) is 0. The van der Waals surface area contributed by atoms with Crippen LogP contribution in [0.4, 0.5) is 0 Å². The second-order valence-corrected chi connectivity index (χ2v) is 12.2. The van der Waals surface area contributed by atoms with Gasteiger partial charge in [0.1, 0.15) is 0 Å². The summed E-state index contributed by atoms with van der Waals surface area (Å²) in [5.74, 6) is 0.792. The standard InChI is InChI=1S/C19H26P2/c1-10-14(5)20-8-16(10)11(2)17(20)18-13(4)19(7)9-21(18)15(6)12(19)3/h16H,8-9H2,1-7H3/t16-,19-,20?,21?/m0/s1. The van der Waals surface area contributed by atoms with Gasteiger partial charge in [-0.25, -0.2) is 0 Å². The van der Waals surface area contributed by atoms with Crippen molar-refractivity contribution in [2.75, 3.05) is 12.3 Å². The Hall–Kier alpha value is -0.180. The van der Waals surface area contributed by atoms with E-state index in [2.05, 4.69) is 48.5 Å². The van der Waals surface area contributed by atoms with Gasteiger partial charge >= 0.3 is 0 Å². The van der Waals surface area contributed by atoms with E-state index in [4.69, 9.17) is 0 Å². The Morgan fingerprint density at radius 2 is 1.48 bits per heavy atom. The first-order chi connectivity index (χ1) is 9.79. The molecule has 0 saturated carbocycles. The van der Waals surface area contributed by atoms with Crippen LogP contribution in [-0.2, 0) is 0 Å². The molecule has 0 aliphatic carbocycles. The SMILES string of the molecule is CC1=C(C)P2C[C@@H]1C(C)=C2C1=C(C)[C@@]2(C)CP1C(C)=C2C. The second kappa shape index (κ2) is 4.21. The molecule has 4 aliphatic heterocycles. The van der Waals surface area contributed by atoms with Crippen LogP contribution < -0.4 is 0 Å². The van der Waals surface area contributed by atoms with E-state index in [0.29, 0.717) is 5.41 Å². The molecule has 0 saturated heterocycles. The fraction of sp³-hybridized carbons (Fsp3) is 0.579. The molecule has 0 aromatic rings. The summed E-state index contributed by atoms with van der Waals surface area (Å²) < 4.78 is 0. The highest BCUT2D eigenvalue weighted by molar-refractivity contribution is 7.73. The highest BCUT2D eigenvalue weighted by Crippen LogP contribution is 2.81. The molecule has 4 aliphatic rings. The fourth-order valence-electron chi connectivity index (χ4n) is 4.91. The Bertz CT molecular complexity index is 701. The van der Waals surface area contributed by atoms with E-state index >= 15 is 0 Å². The second-order valence-electron chi connectivity index (χ2n) is 7.57. The molecule has 0 N–H and O–H groups in total. The molecule has 112 valence electrons. The lowest BCUT2D eigenvalue weighted by molar-refractivity contribution is 0.561. The van der Waals surface area contributed by atoms with Gasteiger partial charge in [-0.05, 0) is 91.0 Å². The Kier molecular flexibility index (Phi) is 2.89. The van der Waals surface area contributed by atoms with E-state index in [1.165, 1.54) is 12.3 Å². The van der Waals surface area contributed by atoms with Crippen LogP contribution in [0, 0.1) is 11.3 Å². The van der Waals surface area contributed by atoms with Crippen LogP contribution in [0.15, 0.2) is 43.5 Å². The van der Waals surface area contributed by atoms with Gasteiger partial charge in [-0.15, -0.1) is 0 Å². The molecular formula is C19H26P2. The Morgan fingerprint density at radius 3 is 2.05 bits per heavy atom. The molecule has 4 bridgehead atoms. The van der Waals surface area contributed by atoms with Crippen LogP contribution >= 0.6 is 15.8 Å². The molecule has 2 unspecified atom stereocenters. The third kappa shape index (κ3) is 1.50. The van der Waals surface area contributed by atoms with Crippen molar-refractivity contribution in [3.63, 3.8) is 0 Å². The summed E-state index contributed by atoms with van der Waals surface area (Å²) in [5, 5.41) is 7.18. The highest BCUT2D eigenvalue weighted by atomic mass is 31.1. The van der Waals surface area contributed by atoms with Gasteiger partial charge in [0.05, 0.1) is 0 Å². The predicted octanol–water partition coefficient (Wildman–Crippen LogP) is 6.76. The first-order valence-corrected chi connectivity index (χ1v) is 11.2. The normalized spacial score (nSPS) is 41.6. The zero-order valence-electron chi connectivity index (χ0n) is 14.4. The van der Waals surface area contributed by atoms with Crippen LogP contribution in [0.3, 0.4) is 0 Å². The van der Waals surface area contributed by atoms with Gasteiger partial charge < -0.3 is 0 Å². The van der Waals surface area contributed by atoms with Crippen molar-refractivity contribution in [3.8, 4) is 0 Å². The maximum absolute atomic E-state index is 2.50. The molecule has 0 aromatic heterocycles. The van der Waals surface area contributed by atoms with Crippen LogP contribution in [0.2, 0.25) is 0 Å². The van der Waals surface area contributed by atoms with E-state index < -0.39 is 0 Å². The molecule has 0 radical (unpaired) electrons. The molecule has 4 rings (SSSR count). The smallest absolute Gasteiger partial charge is 0.0148 e. The Balaban J connectivity index is 1.86. The molecule has 4 heterocycles. The van der Waals surface area contributed by atoms with Crippen molar-refractivity contribution in [3.05, 3.63) is 43.5 Å². The minimum absolute atomic E-state index is 0.00854. The summed E-state index contributed by atoms with van der Waals surface area (Å²) in [7, 11) is 0.00915. The summed E-state index contributed by atoms with van der Waals surface area (Å²) in [5.41, 5.74) is 7.25. The minimum Gasteiger partial charge on any atom is -0.0620 e. The number of rotatable bonds is 1. The van der Waals surface area contributed by atoms with Gasteiger partial charge in [0.2, 0.25) is 0 Å². The van der Waals surface area contributed by atoms with Gasteiger partial charge in [0.25, 0.3) is 0 Å². The van der Waals surface area contributed by atoms with E-state index in [0.717, 1.165) is 5.92 Å². The number of hydrogen-bond donors (Lipinski definition) is 0. The first kappa shape index (κ1) is 14.4. The van der Waals surface area contributed by atoms with Crippen molar-refractivity contribution in [1.29, 1.82) is 0 Å². The third-order valence-electron chi connectivity index (χ3n) is 6.96. The molecule has 4 atom stereocenters. The van der Waals surface area contributed by atoms with E-state index in [-0.39, 0.29) is 15.8 Å². The lowest BCUT2D eigenvalue weighted by Gasteiger charge is -2.31. The zero-order chi connectivity index (χ0) is 15.3. The van der Waals surface area contributed by atoms with Crippen molar-refractivity contribution >= 4 is 15.8 Å². The maximum atomic E-state index is 2.50. The number of hydrogen-bond acceptors (Lipinski definition) is 0. The molecule has 0 fully saturated rings. The van der Waals surface area contributed by atoms with Gasteiger partial charge in [-0.2, -0.15) is 0 Å². The molecule has 2 heteroatoms. The third-order valence-corrected chi connectivity index (χ3v) is 13.3. The number of allylic oxidation sites excluding steroid dienone is 8. The number of fused-ring (bicyclic) bond motifs is 4. The quantitative estimate of drug-likeness (QED) is 0.469. The maximum Gasteiger partial charge on any atom is 0.0148 e. The van der Waals surface area contributed by atoms with Gasteiger partial charge in [0.15, 0.2) is 0 Å². The lowest BCUT2D eigenvalue weighted by Crippen LogP contribution is -2.17. The first-order valence-electron chi connectivity index (χ1n) is 8.12. The van der Waals surface area contributed by atoms with Crippen molar-refractivity contribution in [2.24, 2.45) is 11.3 Å². The predicted molar refractivity (Wildman–Crippen MR) is 97.3 cm³/mol. The zero-order valence-corrected chi connectivity index (χ0v) is 16.2. The van der Waals surface area contributed by atoms with Crippen LogP contribution in [-0.4, -0.2) is 12.3 Å². The summed E-state index contributed by atoms with van der Waals surface area (Å²) >= 11 is 0. The van der Waals surface area contributed by atoms with Crippen LogP contribution in [0.25, 0.3) is 0 Å². The lowest BCUT2D eigenvalue weighted by atomic mass is 9.78. The molecule has 0 nitrogen and oxygen atoms in total. The molecule has 0 spiro atoms. The van der Waals surface area contributed by atoms with Crippen molar-refractivity contribution in [1.82, 2.24) is 0 Å². The fourth-order valence-corrected chi connectivity index (χ4v) is 12.5. The topological polar surface area (TPSA) is 0 Å². The van der Waals surface area contributed by atoms with E-state index in [1.54, 1.807) is 32.9 Å². The average Bonchev–Trinajstić information content (AvgIpc) is 3.07. The molecule has 21 heavy (non-hydrogen) atoms. The summed E-state index contributed by atoms with van der Waals surface area (Å²) in [4.78, 5) is 0. The van der Waals surface area contributed by atoms with Crippen molar-refractivity contribution in [2.45, 2.75) is 48.5 Å². The van der Waals surface area contributed by atoms with Crippen LogP contribution in [0.5, 0.6) is 0 Å². The average molecular weight is 316 g/mol. The van der Waals surface area contributed by atoms with Crippen molar-refractivity contribution < 1.29 is 0 Å². The van der Waals surface area contributed by atoms with E-state index in [1.807, 2.05) is 10.6 Å². The Morgan fingerprint density at radius 1 is 0.810 bits per heavy atom. The monoisotopic (exact) mass is 316 g/mol. The molecule has 0 amide bonds. The molecular weight excluding hydrogens is 290 g/mol. The van der Waals surface area contributed by atoms with Gasteiger partial charge in [0, 0.05) is 11.3 Å². The summed E-state index contributed by atoms with van der Waals surface area (Å²) in [6.45, 7) is 17.0. The summed E-state index contributed by atoms with van der Waals surface area (Å²) in [6.07, 6.45) is 2.85. The minimum atomic E-state index is -0.00854. The largest absolute Gasteiger partial charge is 0.0620 e. The van der Waals surface area contributed by atoms with Crippen LogP contribution in [0.1, 0.15) is 48.5 Å². The van der Waals surface area contributed by atoms with Gasteiger partial charge in [-0.3, -0.25) is 0 Å². The highest BCUT2D eigenvalue weighted by Gasteiger charge is 2.52. The molecule has 0 aromatic carbocycles. The van der Waals surface area contributed by atoms with Gasteiger partial charge in [-0.1, -0.05) is 29.2 Å². The Labute approximate surface area is 132 Å². The van der Waals surface area contributed by atoms with E-state index in [9.17, 15) is 0 Å².